The molecule has 0 unspecified atom stereocenters. The molecule has 1 aromatic carbocycles. The van der Waals surface area contributed by atoms with Crippen molar-refractivity contribution in [1.82, 2.24) is 9.38 Å². The molecule has 0 saturated carbocycles. The highest BCUT2D eigenvalue weighted by Gasteiger charge is 2.17. The molecule has 0 spiro atoms. The number of imidazole rings is 1. The number of rotatable bonds is 3. The standard InChI is InChI=1S/C19H20Cl2N4/c20-14-4-5-15(17(21)9-14)16-12-25-18(8-13(16)10-22)23-11-19(25)24-6-2-1-3-7-24/h4-5,8-9,11-12H,1-3,6-7,10,22H2. The molecule has 1 fully saturated rings. The summed E-state index contributed by atoms with van der Waals surface area (Å²) in [6, 6.07) is 7.62. The third-order valence-electron chi connectivity index (χ3n) is 4.83. The molecule has 0 atom stereocenters. The zero-order valence-electron chi connectivity index (χ0n) is 13.9. The molecule has 0 radical (unpaired) electrons. The maximum atomic E-state index is 6.45. The van der Waals surface area contributed by atoms with Crippen LogP contribution in [0.5, 0.6) is 0 Å². The maximum Gasteiger partial charge on any atom is 0.138 e. The van der Waals surface area contributed by atoms with Crippen molar-refractivity contribution in [3.05, 3.63) is 52.3 Å². The number of fused-ring (bicyclic) bond motifs is 1. The van der Waals surface area contributed by atoms with Gasteiger partial charge in [0.1, 0.15) is 11.5 Å². The van der Waals surface area contributed by atoms with Crippen LogP contribution in [0.4, 0.5) is 5.82 Å². The maximum absolute atomic E-state index is 6.45. The molecular formula is C19H20Cl2N4. The van der Waals surface area contributed by atoms with Crippen molar-refractivity contribution in [2.24, 2.45) is 5.73 Å². The lowest BCUT2D eigenvalue weighted by Crippen LogP contribution is -2.30. The average Bonchev–Trinajstić information content (AvgIpc) is 3.04. The summed E-state index contributed by atoms with van der Waals surface area (Å²) >= 11 is 12.5. The van der Waals surface area contributed by atoms with Crippen LogP contribution in [0, 0.1) is 0 Å². The fourth-order valence-electron chi connectivity index (χ4n) is 3.53. The topological polar surface area (TPSA) is 46.6 Å². The summed E-state index contributed by atoms with van der Waals surface area (Å²) in [5.41, 5.74) is 9.88. The van der Waals surface area contributed by atoms with Crippen LogP contribution in [0.15, 0.2) is 36.7 Å². The van der Waals surface area contributed by atoms with Gasteiger partial charge in [0.2, 0.25) is 0 Å². The van der Waals surface area contributed by atoms with Crippen molar-refractivity contribution in [2.45, 2.75) is 25.8 Å². The first kappa shape index (κ1) is 16.7. The molecule has 4 rings (SSSR count). The molecule has 2 N–H and O–H groups in total. The number of anilines is 1. The second kappa shape index (κ2) is 6.87. The molecular weight excluding hydrogens is 355 g/mol. The Morgan fingerprint density at radius 3 is 2.56 bits per heavy atom. The minimum Gasteiger partial charge on any atom is -0.356 e. The van der Waals surface area contributed by atoms with Crippen LogP contribution in [-0.2, 0) is 6.54 Å². The van der Waals surface area contributed by atoms with Gasteiger partial charge in [-0.1, -0.05) is 29.3 Å². The second-order valence-corrected chi connectivity index (χ2v) is 7.28. The minimum atomic E-state index is 0.427. The zero-order chi connectivity index (χ0) is 17.4. The number of pyridine rings is 1. The van der Waals surface area contributed by atoms with E-state index in [1.807, 2.05) is 24.4 Å². The van der Waals surface area contributed by atoms with Crippen molar-refractivity contribution in [1.29, 1.82) is 0 Å². The summed E-state index contributed by atoms with van der Waals surface area (Å²) in [7, 11) is 0. The van der Waals surface area contributed by atoms with Crippen molar-refractivity contribution in [2.75, 3.05) is 18.0 Å². The summed E-state index contributed by atoms with van der Waals surface area (Å²) in [6.45, 7) is 2.57. The number of piperidine rings is 1. The van der Waals surface area contributed by atoms with E-state index >= 15 is 0 Å². The first-order valence-electron chi connectivity index (χ1n) is 8.58. The highest BCUT2D eigenvalue weighted by Crippen LogP contribution is 2.34. The molecule has 1 saturated heterocycles. The molecule has 0 amide bonds. The number of aromatic nitrogens is 2. The molecule has 1 aliphatic heterocycles. The van der Waals surface area contributed by atoms with E-state index in [1.54, 1.807) is 6.07 Å². The van der Waals surface area contributed by atoms with E-state index in [2.05, 4.69) is 20.5 Å². The van der Waals surface area contributed by atoms with Crippen LogP contribution in [-0.4, -0.2) is 22.5 Å². The number of nitrogens with zero attached hydrogens (tertiary/aromatic N) is 3. The van der Waals surface area contributed by atoms with Crippen molar-refractivity contribution in [3.8, 4) is 11.1 Å². The smallest absolute Gasteiger partial charge is 0.138 e. The Bertz CT molecular complexity index is 913. The van der Waals surface area contributed by atoms with Gasteiger partial charge >= 0.3 is 0 Å². The first-order chi connectivity index (χ1) is 12.2. The monoisotopic (exact) mass is 374 g/mol. The Hall–Kier alpha value is -1.75. The van der Waals surface area contributed by atoms with Gasteiger partial charge in [0.05, 0.1) is 6.20 Å². The van der Waals surface area contributed by atoms with E-state index in [4.69, 9.17) is 28.9 Å². The molecule has 4 nitrogen and oxygen atoms in total. The van der Waals surface area contributed by atoms with E-state index in [0.717, 1.165) is 41.2 Å². The largest absolute Gasteiger partial charge is 0.356 e. The summed E-state index contributed by atoms with van der Waals surface area (Å²) in [5.74, 6) is 1.13. The fourth-order valence-corrected chi connectivity index (χ4v) is 4.04. The van der Waals surface area contributed by atoms with Crippen molar-refractivity contribution >= 4 is 34.7 Å². The van der Waals surface area contributed by atoms with E-state index in [1.165, 1.54) is 19.3 Å². The normalized spacial score (nSPS) is 15.1. The summed E-state index contributed by atoms with van der Waals surface area (Å²) in [5, 5.41) is 1.25. The zero-order valence-corrected chi connectivity index (χ0v) is 15.4. The molecule has 0 bridgehead atoms. The Kier molecular flexibility index (Phi) is 4.59. The van der Waals surface area contributed by atoms with Crippen LogP contribution in [0.2, 0.25) is 10.0 Å². The molecule has 3 heterocycles. The second-order valence-electron chi connectivity index (χ2n) is 6.43. The Morgan fingerprint density at radius 1 is 1.04 bits per heavy atom. The van der Waals surface area contributed by atoms with E-state index in [-0.39, 0.29) is 0 Å². The number of nitrogens with two attached hydrogens (primary N) is 1. The molecule has 0 aliphatic carbocycles. The predicted molar refractivity (Wildman–Crippen MR) is 105 cm³/mol. The number of benzene rings is 1. The van der Waals surface area contributed by atoms with Gasteiger partial charge in [0, 0.05) is 47.0 Å². The van der Waals surface area contributed by atoms with Gasteiger partial charge in [-0.2, -0.15) is 0 Å². The Balaban J connectivity index is 1.87. The van der Waals surface area contributed by atoms with E-state index in [0.29, 0.717) is 16.6 Å². The summed E-state index contributed by atoms with van der Waals surface area (Å²) in [6.07, 6.45) is 7.81. The van der Waals surface area contributed by atoms with Crippen LogP contribution in [0.25, 0.3) is 16.8 Å². The van der Waals surface area contributed by atoms with Crippen molar-refractivity contribution in [3.63, 3.8) is 0 Å². The lowest BCUT2D eigenvalue weighted by molar-refractivity contribution is 0.572. The van der Waals surface area contributed by atoms with Crippen LogP contribution in [0.1, 0.15) is 24.8 Å². The Morgan fingerprint density at radius 2 is 1.84 bits per heavy atom. The highest BCUT2D eigenvalue weighted by molar-refractivity contribution is 6.36. The Labute approximate surface area is 157 Å². The van der Waals surface area contributed by atoms with Crippen LogP contribution >= 0.6 is 23.2 Å². The molecule has 2 aromatic heterocycles. The van der Waals surface area contributed by atoms with Gasteiger partial charge in [-0.3, -0.25) is 4.40 Å². The van der Waals surface area contributed by atoms with E-state index in [9.17, 15) is 0 Å². The van der Waals surface area contributed by atoms with Gasteiger partial charge in [-0.15, -0.1) is 0 Å². The SMILES string of the molecule is NCc1cc2ncc(N3CCCCC3)n2cc1-c1ccc(Cl)cc1Cl. The molecule has 25 heavy (non-hydrogen) atoms. The van der Waals surface area contributed by atoms with Gasteiger partial charge in [0.25, 0.3) is 0 Å². The molecule has 1 aliphatic rings. The highest BCUT2D eigenvalue weighted by atomic mass is 35.5. The average molecular weight is 375 g/mol. The van der Waals surface area contributed by atoms with Gasteiger partial charge in [0.15, 0.2) is 0 Å². The summed E-state index contributed by atoms with van der Waals surface area (Å²) in [4.78, 5) is 6.99. The van der Waals surface area contributed by atoms with Gasteiger partial charge in [-0.25, -0.2) is 4.98 Å². The molecule has 6 heteroatoms. The predicted octanol–water partition coefficient (Wildman–Crippen LogP) is 4.76. The fraction of sp³-hybridized carbons (Fsp3) is 0.316. The van der Waals surface area contributed by atoms with Gasteiger partial charge < -0.3 is 10.6 Å². The number of hydrogen-bond donors (Lipinski definition) is 1. The first-order valence-corrected chi connectivity index (χ1v) is 9.33. The van der Waals surface area contributed by atoms with Crippen LogP contribution < -0.4 is 10.6 Å². The third-order valence-corrected chi connectivity index (χ3v) is 5.38. The lowest BCUT2D eigenvalue weighted by atomic mass is 10.0. The van der Waals surface area contributed by atoms with Crippen molar-refractivity contribution < 1.29 is 0 Å². The van der Waals surface area contributed by atoms with E-state index < -0.39 is 0 Å². The molecule has 130 valence electrons. The number of hydrogen-bond acceptors (Lipinski definition) is 3. The summed E-state index contributed by atoms with van der Waals surface area (Å²) < 4.78 is 2.14. The lowest BCUT2D eigenvalue weighted by Gasteiger charge is -2.28. The molecule has 3 aromatic rings. The van der Waals surface area contributed by atoms with Gasteiger partial charge in [-0.05, 0) is 43.0 Å². The minimum absolute atomic E-state index is 0.427. The van der Waals surface area contributed by atoms with Crippen LogP contribution in [0.3, 0.4) is 0 Å². The number of halogens is 2. The third kappa shape index (κ3) is 3.10. The quantitative estimate of drug-likeness (QED) is 0.718.